The quantitative estimate of drug-likeness (QED) is 0.500. The summed E-state index contributed by atoms with van der Waals surface area (Å²) in [4.78, 5) is 11.7. The zero-order valence-electron chi connectivity index (χ0n) is 12.3. The first-order chi connectivity index (χ1) is 10.2. The molecule has 0 spiro atoms. The smallest absolute Gasteiger partial charge is 0.202 e. The van der Waals surface area contributed by atoms with E-state index in [0.29, 0.717) is 11.1 Å². The summed E-state index contributed by atoms with van der Waals surface area (Å²) in [6.07, 6.45) is 0. The van der Waals surface area contributed by atoms with Crippen LogP contribution in [0.3, 0.4) is 0 Å². The number of hydrogen-bond acceptors (Lipinski definition) is 3. The summed E-state index contributed by atoms with van der Waals surface area (Å²) in [5.41, 5.74) is 7.14. The maximum atomic E-state index is 13.9. The molecule has 3 nitrogen and oxygen atoms in total. The highest BCUT2D eigenvalue weighted by atomic mass is 35.5. The standard InChI is InChI=1S/C16H14ClF2NO2/c1-7-4-5-12(8(2)13(7)9(3)21)22-16-14(17)11(20)6-10(18)15(16)19/h4-6H,20H2,1-3H3. The van der Waals surface area contributed by atoms with Crippen LogP contribution in [0.1, 0.15) is 28.4 Å². The number of carbonyl (C=O) groups excluding carboxylic acids is 1. The van der Waals surface area contributed by atoms with Gasteiger partial charge in [-0.25, -0.2) is 4.39 Å². The first-order valence-corrected chi connectivity index (χ1v) is 6.83. The van der Waals surface area contributed by atoms with E-state index in [9.17, 15) is 13.6 Å². The number of carbonyl (C=O) groups is 1. The van der Waals surface area contributed by atoms with Gasteiger partial charge in [0.25, 0.3) is 0 Å². The van der Waals surface area contributed by atoms with Gasteiger partial charge in [-0.15, -0.1) is 0 Å². The molecule has 6 heteroatoms. The number of anilines is 1. The van der Waals surface area contributed by atoms with Crippen molar-refractivity contribution >= 4 is 23.1 Å². The molecule has 0 heterocycles. The second-order valence-corrected chi connectivity index (χ2v) is 5.32. The Balaban J connectivity index is 2.58. The van der Waals surface area contributed by atoms with Crippen molar-refractivity contribution in [2.24, 2.45) is 0 Å². The number of Topliss-reactive ketones (excluding diaryl/α,β-unsaturated/α-hetero) is 1. The predicted octanol–water partition coefficient (Wildman–Crippen LogP) is 4.81. The number of aryl methyl sites for hydroxylation is 1. The van der Waals surface area contributed by atoms with E-state index in [1.807, 2.05) is 0 Å². The van der Waals surface area contributed by atoms with Gasteiger partial charge >= 0.3 is 0 Å². The highest BCUT2D eigenvalue weighted by Crippen LogP contribution is 2.39. The zero-order valence-corrected chi connectivity index (χ0v) is 13.0. The van der Waals surface area contributed by atoms with E-state index in [1.165, 1.54) is 6.92 Å². The Morgan fingerprint density at radius 1 is 1.27 bits per heavy atom. The van der Waals surface area contributed by atoms with Crippen molar-refractivity contribution in [3.05, 3.63) is 51.5 Å². The molecule has 0 radical (unpaired) electrons. The third-order valence-electron chi connectivity index (χ3n) is 3.33. The number of nitrogens with two attached hydrogens (primary N) is 1. The van der Waals surface area contributed by atoms with E-state index in [2.05, 4.69) is 0 Å². The van der Waals surface area contributed by atoms with Crippen LogP contribution in [0.5, 0.6) is 11.5 Å². The van der Waals surface area contributed by atoms with Crippen LogP contribution in [0.25, 0.3) is 0 Å². The molecule has 2 rings (SSSR count). The van der Waals surface area contributed by atoms with Crippen molar-refractivity contribution in [1.29, 1.82) is 0 Å². The average Bonchev–Trinajstić information content (AvgIpc) is 2.43. The van der Waals surface area contributed by atoms with Crippen molar-refractivity contribution in [3.8, 4) is 11.5 Å². The molecule has 0 bridgehead atoms. The zero-order chi connectivity index (χ0) is 16.6. The molecule has 0 aliphatic carbocycles. The van der Waals surface area contributed by atoms with Crippen LogP contribution >= 0.6 is 11.6 Å². The summed E-state index contributed by atoms with van der Waals surface area (Å²) in [6, 6.07) is 4.01. The lowest BCUT2D eigenvalue weighted by Gasteiger charge is -2.15. The van der Waals surface area contributed by atoms with E-state index >= 15 is 0 Å². The second kappa shape index (κ2) is 5.93. The van der Waals surface area contributed by atoms with Crippen LogP contribution in [0.4, 0.5) is 14.5 Å². The van der Waals surface area contributed by atoms with E-state index in [1.54, 1.807) is 26.0 Å². The van der Waals surface area contributed by atoms with Crippen molar-refractivity contribution in [2.45, 2.75) is 20.8 Å². The Bertz CT molecular complexity index is 749. The van der Waals surface area contributed by atoms with Crippen molar-refractivity contribution in [2.75, 3.05) is 5.73 Å². The topological polar surface area (TPSA) is 52.3 Å². The van der Waals surface area contributed by atoms with Gasteiger partial charge < -0.3 is 10.5 Å². The summed E-state index contributed by atoms with van der Waals surface area (Å²) in [5.74, 6) is -2.83. The molecule has 0 fully saturated rings. The van der Waals surface area contributed by atoms with Gasteiger partial charge in [0.1, 0.15) is 10.8 Å². The van der Waals surface area contributed by atoms with Gasteiger partial charge in [-0.3, -0.25) is 4.79 Å². The molecule has 0 atom stereocenters. The molecule has 0 amide bonds. The molecular formula is C16H14ClF2NO2. The van der Waals surface area contributed by atoms with E-state index in [0.717, 1.165) is 11.6 Å². The summed E-state index contributed by atoms with van der Waals surface area (Å²) in [6.45, 7) is 4.86. The summed E-state index contributed by atoms with van der Waals surface area (Å²) in [7, 11) is 0. The van der Waals surface area contributed by atoms with Gasteiger partial charge in [-0.1, -0.05) is 17.7 Å². The molecular weight excluding hydrogens is 312 g/mol. The monoisotopic (exact) mass is 325 g/mol. The molecule has 0 aliphatic rings. The van der Waals surface area contributed by atoms with Crippen molar-refractivity contribution < 1.29 is 18.3 Å². The van der Waals surface area contributed by atoms with Gasteiger partial charge in [0.2, 0.25) is 5.82 Å². The molecule has 0 unspecified atom stereocenters. The molecule has 2 N–H and O–H groups in total. The highest BCUT2D eigenvalue weighted by Gasteiger charge is 2.20. The Morgan fingerprint density at radius 3 is 2.50 bits per heavy atom. The minimum atomic E-state index is -1.23. The number of rotatable bonds is 3. The summed E-state index contributed by atoms with van der Waals surface area (Å²) >= 11 is 5.88. The number of hydrogen-bond donors (Lipinski definition) is 1. The Morgan fingerprint density at radius 2 is 1.91 bits per heavy atom. The maximum absolute atomic E-state index is 13.9. The minimum absolute atomic E-state index is 0.132. The third-order valence-corrected chi connectivity index (χ3v) is 3.72. The van der Waals surface area contributed by atoms with Crippen molar-refractivity contribution in [1.82, 2.24) is 0 Å². The normalized spacial score (nSPS) is 10.6. The largest absolute Gasteiger partial charge is 0.452 e. The van der Waals surface area contributed by atoms with Crippen LogP contribution in [0.15, 0.2) is 18.2 Å². The van der Waals surface area contributed by atoms with Crippen LogP contribution in [0.2, 0.25) is 5.02 Å². The van der Waals surface area contributed by atoms with E-state index in [-0.39, 0.29) is 22.2 Å². The van der Waals surface area contributed by atoms with Crippen LogP contribution in [0, 0.1) is 25.5 Å². The van der Waals surface area contributed by atoms with Gasteiger partial charge in [0, 0.05) is 17.2 Å². The predicted molar refractivity (Wildman–Crippen MR) is 81.8 cm³/mol. The lowest BCUT2D eigenvalue weighted by molar-refractivity contribution is 0.101. The van der Waals surface area contributed by atoms with Gasteiger partial charge in [0.15, 0.2) is 17.3 Å². The summed E-state index contributed by atoms with van der Waals surface area (Å²) < 4.78 is 32.7. The SMILES string of the molecule is CC(=O)c1c(C)ccc(Oc2c(F)c(F)cc(N)c2Cl)c1C. The van der Waals surface area contributed by atoms with E-state index in [4.69, 9.17) is 22.1 Å². The van der Waals surface area contributed by atoms with E-state index < -0.39 is 17.4 Å². The molecule has 0 aromatic heterocycles. The fourth-order valence-corrected chi connectivity index (χ4v) is 2.46. The number of benzene rings is 2. The second-order valence-electron chi connectivity index (χ2n) is 4.94. The van der Waals surface area contributed by atoms with Crippen molar-refractivity contribution in [3.63, 3.8) is 0 Å². The molecule has 22 heavy (non-hydrogen) atoms. The average molecular weight is 326 g/mol. The Labute approximate surface area is 131 Å². The van der Waals surface area contributed by atoms with Crippen LogP contribution < -0.4 is 10.5 Å². The highest BCUT2D eigenvalue weighted by molar-refractivity contribution is 6.34. The fourth-order valence-electron chi connectivity index (χ4n) is 2.28. The molecule has 0 aliphatic heterocycles. The van der Waals surface area contributed by atoms with Gasteiger partial charge in [-0.05, 0) is 32.4 Å². The Kier molecular flexibility index (Phi) is 4.37. The Hall–Kier alpha value is -2.14. The summed E-state index contributed by atoms with van der Waals surface area (Å²) in [5, 5.41) is -0.219. The van der Waals surface area contributed by atoms with Crippen LogP contribution in [-0.4, -0.2) is 5.78 Å². The lowest BCUT2D eigenvalue weighted by atomic mass is 9.99. The van der Waals surface area contributed by atoms with Crippen LogP contribution in [-0.2, 0) is 0 Å². The molecule has 2 aromatic carbocycles. The third kappa shape index (κ3) is 2.76. The molecule has 116 valence electrons. The fraction of sp³-hybridized carbons (Fsp3) is 0.188. The lowest BCUT2D eigenvalue weighted by Crippen LogP contribution is -2.03. The van der Waals surface area contributed by atoms with Gasteiger partial charge in [0.05, 0.1) is 5.69 Å². The maximum Gasteiger partial charge on any atom is 0.202 e. The number of ketones is 1. The first kappa shape index (κ1) is 16.2. The molecule has 0 saturated carbocycles. The number of nitrogen functional groups attached to an aromatic ring is 1. The molecule has 0 saturated heterocycles. The van der Waals surface area contributed by atoms with Gasteiger partial charge in [-0.2, -0.15) is 4.39 Å². The number of ether oxygens (including phenoxy) is 1. The first-order valence-electron chi connectivity index (χ1n) is 6.46. The minimum Gasteiger partial charge on any atom is -0.452 e. The number of halogens is 3. The molecule has 2 aromatic rings.